The number of rotatable bonds is 3. The summed E-state index contributed by atoms with van der Waals surface area (Å²) in [4.78, 5) is 30.6. The third-order valence-electron chi connectivity index (χ3n) is 3.06. The molecule has 0 aliphatic carbocycles. The number of nitrogens with zero attached hydrogens (tertiary/aromatic N) is 1. The van der Waals surface area contributed by atoms with Gasteiger partial charge in [0.15, 0.2) is 0 Å². The fraction of sp³-hybridized carbons (Fsp3) is 0. The number of carbonyl (C=O) groups is 3. The molecular formula is C22H19NO6. The summed E-state index contributed by atoms with van der Waals surface area (Å²) in [6.45, 7) is 3.50. The number of nitriles is 1. The second-order valence-corrected chi connectivity index (χ2v) is 5.01. The highest BCUT2D eigenvalue weighted by Gasteiger charge is 1.98. The lowest BCUT2D eigenvalue weighted by Gasteiger charge is -1.88. The molecule has 7 nitrogen and oxygen atoms in total. The van der Waals surface area contributed by atoms with E-state index in [1.807, 2.05) is 0 Å². The maximum absolute atomic E-state index is 10.2. The third kappa shape index (κ3) is 11.0. The van der Waals surface area contributed by atoms with Crippen LogP contribution in [-0.4, -0.2) is 33.2 Å². The van der Waals surface area contributed by atoms with E-state index in [0.717, 1.165) is 0 Å². The van der Waals surface area contributed by atoms with Gasteiger partial charge in [0.2, 0.25) is 0 Å². The Morgan fingerprint density at radius 1 is 0.483 bits per heavy atom. The molecule has 0 radical (unpaired) electrons. The molecule has 0 amide bonds. The minimum Gasteiger partial charge on any atom is -0.478 e. The molecule has 3 N–H and O–H groups in total. The van der Waals surface area contributed by atoms with Gasteiger partial charge in [-0.1, -0.05) is 54.6 Å². The Balaban J connectivity index is 0.000000388. The Morgan fingerprint density at radius 3 is 0.759 bits per heavy atom. The second-order valence-electron chi connectivity index (χ2n) is 5.01. The fourth-order valence-corrected chi connectivity index (χ4v) is 1.74. The van der Waals surface area contributed by atoms with Crippen LogP contribution in [0.2, 0.25) is 0 Å². The summed E-state index contributed by atoms with van der Waals surface area (Å²) in [6, 6.07) is 24.9. The van der Waals surface area contributed by atoms with Crippen molar-refractivity contribution in [2.24, 2.45) is 0 Å². The monoisotopic (exact) mass is 393 g/mol. The average Bonchev–Trinajstić information content (AvgIpc) is 2.78. The zero-order valence-corrected chi connectivity index (χ0v) is 15.3. The van der Waals surface area contributed by atoms with Gasteiger partial charge in [0.1, 0.15) is 0 Å². The van der Waals surface area contributed by atoms with Crippen LogP contribution in [-0.2, 0) is 0 Å². The van der Waals surface area contributed by atoms with Crippen LogP contribution in [0.4, 0.5) is 0 Å². The molecule has 0 fully saturated rings. The van der Waals surface area contributed by atoms with Crippen LogP contribution in [0.5, 0.6) is 0 Å². The standard InChI is InChI=1S/3C7H6O2.CHN/c3*8-7(9)6-4-2-1-3-5-6;1-2/h3*1-5H,(H,8,9);1H. The molecule has 7 heteroatoms. The number of hydrogen-bond donors (Lipinski definition) is 3. The molecule has 148 valence electrons. The van der Waals surface area contributed by atoms with E-state index in [1.165, 1.54) is 0 Å². The molecule has 0 bridgehead atoms. The van der Waals surface area contributed by atoms with Crippen molar-refractivity contribution in [2.75, 3.05) is 0 Å². The molecule has 0 aromatic heterocycles. The predicted octanol–water partition coefficient (Wildman–Crippen LogP) is 4.29. The number of carboxylic acid groups (broad SMARTS) is 3. The molecule has 0 atom stereocenters. The van der Waals surface area contributed by atoms with Gasteiger partial charge < -0.3 is 15.3 Å². The van der Waals surface area contributed by atoms with E-state index in [-0.39, 0.29) is 0 Å². The Hall–Kier alpha value is -4.44. The lowest BCUT2D eigenvalue weighted by Crippen LogP contribution is -1.93. The zero-order chi connectivity index (χ0) is 22.1. The first-order chi connectivity index (χ1) is 13.9. The summed E-state index contributed by atoms with van der Waals surface area (Å²) in [5.74, 6) is -2.64. The van der Waals surface area contributed by atoms with Gasteiger partial charge in [-0.25, -0.2) is 19.6 Å². The fourth-order valence-electron chi connectivity index (χ4n) is 1.74. The summed E-state index contributed by atoms with van der Waals surface area (Å²) in [5, 5.41) is 31.7. The summed E-state index contributed by atoms with van der Waals surface area (Å²) in [7, 11) is 0. The predicted molar refractivity (Wildman–Crippen MR) is 107 cm³/mol. The van der Waals surface area contributed by atoms with Crippen molar-refractivity contribution in [3.05, 3.63) is 108 Å². The first-order valence-corrected chi connectivity index (χ1v) is 8.02. The highest BCUT2D eigenvalue weighted by Crippen LogP contribution is 1.97. The van der Waals surface area contributed by atoms with Crippen molar-refractivity contribution in [3.63, 3.8) is 0 Å². The van der Waals surface area contributed by atoms with Gasteiger partial charge in [-0.3, -0.25) is 0 Å². The van der Waals surface area contributed by atoms with Crippen molar-refractivity contribution in [3.8, 4) is 6.57 Å². The van der Waals surface area contributed by atoms with Gasteiger partial charge in [-0.05, 0) is 36.4 Å². The van der Waals surface area contributed by atoms with Crippen LogP contribution in [0.25, 0.3) is 0 Å². The normalized spacial score (nSPS) is 8.34. The highest BCUT2D eigenvalue weighted by atomic mass is 16.4. The lowest BCUT2D eigenvalue weighted by molar-refractivity contribution is 0.0686. The number of hydrogen-bond acceptors (Lipinski definition) is 4. The minimum absolute atomic E-state index is 0.331. The largest absolute Gasteiger partial charge is 0.478 e. The van der Waals surface area contributed by atoms with E-state index in [0.29, 0.717) is 16.7 Å². The van der Waals surface area contributed by atoms with Crippen LogP contribution in [0, 0.1) is 11.8 Å². The second kappa shape index (κ2) is 14.7. The van der Waals surface area contributed by atoms with Gasteiger partial charge in [-0.15, -0.1) is 0 Å². The number of aromatic carboxylic acids is 3. The summed E-state index contributed by atoms with van der Waals surface area (Å²) >= 11 is 0. The van der Waals surface area contributed by atoms with Crippen LogP contribution >= 0.6 is 0 Å². The highest BCUT2D eigenvalue weighted by molar-refractivity contribution is 5.88. The third-order valence-corrected chi connectivity index (χ3v) is 3.06. The summed E-state index contributed by atoms with van der Waals surface area (Å²) < 4.78 is 0. The Morgan fingerprint density at radius 2 is 0.655 bits per heavy atom. The smallest absolute Gasteiger partial charge is 0.335 e. The topological polar surface area (TPSA) is 136 Å². The van der Waals surface area contributed by atoms with Crippen LogP contribution < -0.4 is 0 Å². The lowest BCUT2D eigenvalue weighted by atomic mass is 10.2. The van der Waals surface area contributed by atoms with E-state index in [4.69, 9.17) is 20.6 Å². The van der Waals surface area contributed by atoms with Crippen LogP contribution in [0.3, 0.4) is 0 Å². The minimum atomic E-state index is -0.879. The number of carboxylic acids is 3. The summed E-state index contributed by atoms with van der Waals surface area (Å²) in [5.41, 5.74) is 0.993. The van der Waals surface area contributed by atoms with Crippen molar-refractivity contribution in [1.82, 2.24) is 0 Å². The molecule has 0 aliphatic rings. The maximum atomic E-state index is 10.2. The van der Waals surface area contributed by atoms with Gasteiger partial charge in [0.05, 0.1) is 16.7 Å². The van der Waals surface area contributed by atoms with Crippen molar-refractivity contribution < 1.29 is 29.7 Å². The first-order valence-electron chi connectivity index (χ1n) is 8.02. The maximum Gasteiger partial charge on any atom is 0.335 e. The molecule has 3 aromatic carbocycles. The molecule has 0 saturated heterocycles. The van der Waals surface area contributed by atoms with Gasteiger partial charge in [0.25, 0.3) is 0 Å². The van der Waals surface area contributed by atoms with E-state index >= 15 is 0 Å². The molecule has 0 unspecified atom stereocenters. The molecule has 0 spiro atoms. The van der Waals surface area contributed by atoms with Crippen molar-refractivity contribution in [1.29, 1.82) is 5.26 Å². The average molecular weight is 393 g/mol. The molecule has 0 saturated carbocycles. The molecule has 0 aliphatic heterocycles. The van der Waals surface area contributed by atoms with Crippen LogP contribution in [0.15, 0.2) is 91.0 Å². The molecule has 0 heterocycles. The molecule has 3 rings (SSSR count). The SMILES string of the molecule is C#N.O=C(O)c1ccccc1.O=C(O)c1ccccc1.O=C(O)c1ccccc1. The summed E-state index contributed by atoms with van der Waals surface area (Å²) in [6.07, 6.45) is 0. The van der Waals surface area contributed by atoms with E-state index in [9.17, 15) is 14.4 Å². The number of benzene rings is 3. The molecular weight excluding hydrogens is 374 g/mol. The van der Waals surface area contributed by atoms with Gasteiger partial charge in [0, 0.05) is 6.57 Å². The van der Waals surface area contributed by atoms with Crippen molar-refractivity contribution >= 4 is 17.9 Å². The van der Waals surface area contributed by atoms with Crippen molar-refractivity contribution in [2.45, 2.75) is 0 Å². The zero-order valence-electron chi connectivity index (χ0n) is 15.3. The van der Waals surface area contributed by atoms with Crippen LogP contribution in [0.1, 0.15) is 31.1 Å². The van der Waals surface area contributed by atoms with E-state index in [1.54, 1.807) is 91.0 Å². The Kier molecular flexibility index (Phi) is 12.4. The van der Waals surface area contributed by atoms with Gasteiger partial charge in [-0.2, -0.15) is 0 Å². The Bertz CT molecular complexity index is 776. The Labute approximate surface area is 167 Å². The van der Waals surface area contributed by atoms with E-state index in [2.05, 4.69) is 6.57 Å². The first kappa shape index (κ1) is 24.6. The van der Waals surface area contributed by atoms with E-state index < -0.39 is 17.9 Å². The quantitative estimate of drug-likeness (QED) is 0.604. The van der Waals surface area contributed by atoms with Gasteiger partial charge >= 0.3 is 17.9 Å². The molecule has 3 aromatic rings. The molecule has 29 heavy (non-hydrogen) atoms.